The first-order valence-corrected chi connectivity index (χ1v) is 5.14. The molecule has 1 heterocycles. The van der Waals surface area contributed by atoms with Crippen LogP contribution in [-0.4, -0.2) is 17.7 Å². The zero-order chi connectivity index (χ0) is 12.2. The Kier molecular flexibility index (Phi) is 4.29. The number of aryl methyl sites for hydroxylation is 1. The van der Waals surface area contributed by atoms with Gasteiger partial charge in [-0.15, -0.1) is 0 Å². The van der Waals surface area contributed by atoms with E-state index in [1.54, 1.807) is 19.2 Å². The van der Waals surface area contributed by atoms with Crippen LogP contribution in [0, 0.1) is 6.92 Å². The molecule has 5 heteroatoms. The van der Waals surface area contributed by atoms with Crippen molar-refractivity contribution < 1.29 is 13.2 Å². The summed E-state index contributed by atoms with van der Waals surface area (Å²) in [5.41, 5.74) is 1.45. The van der Waals surface area contributed by atoms with E-state index in [4.69, 9.17) is 0 Å². The molecule has 0 fully saturated rings. The van der Waals surface area contributed by atoms with Crippen molar-refractivity contribution in [3.63, 3.8) is 0 Å². The maximum absolute atomic E-state index is 12.4. The van der Waals surface area contributed by atoms with Crippen LogP contribution in [-0.2, 0) is 0 Å². The molecule has 1 unspecified atom stereocenters. The molecule has 16 heavy (non-hydrogen) atoms. The molecule has 0 bridgehead atoms. The highest BCUT2D eigenvalue weighted by Crippen LogP contribution is 2.29. The van der Waals surface area contributed by atoms with E-state index in [0.717, 1.165) is 5.56 Å². The van der Waals surface area contributed by atoms with Gasteiger partial charge in [-0.25, -0.2) is 0 Å². The van der Waals surface area contributed by atoms with Crippen molar-refractivity contribution in [1.29, 1.82) is 0 Å². The van der Waals surface area contributed by atoms with Crippen LogP contribution < -0.4 is 5.32 Å². The fourth-order valence-electron chi connectivity index (χ4n) is 1.55. The van der Waals surface area contributed by atoms with Crippen LogP contribution in [0.25, 0.3) is 0 Å². The molecule has 2 nitrogen and oxygen atoms in total. The molecule has 0 aliphatic heterocycles. The monoisotopic (exact) mass is 232 g/mol. The average molecular weight is 232 g/mol. The Bertz CT molecular complexity index is 336. The Morgan fingerprint density at radius 1 is 1.38 bits per heavy atom. The summed E-state index contributed by atoms with van der Waals surface area (Å²) in [5.74, 6) is 0. The third-order valence-corrected chi connectivity index (χ3v) is 2.18. The maximum atomic E-state index is 12.4. The first-order chi connectivity index (χ1) is 7.42. The average Bonchev–Trinajstić information content (AvgIpc) is 2.15. The summed E-state index contributed by atoms with van der Waals surface area (Å²) < 4.78 is 37.1. The van der Waals surface area contributed by atoms with Crippen molar-refractivity contribution in [3.8, 4) is 0 Å². The number of nitrogens with zero attached hydrogens (tertiary/aromatic N) is 1. The van der Waals surface area contributed by atoms with Crippen molar-refractivity contribution in [2.75, 3.05) is 6.54 Å². The Labute approximate surface area is 92.9 Å². The molecule has 1 aromatic heterocycles. The molecule has 1 aromatic rings. The molecule has 1 atom stereocenters. The quantitative estimate of drug-likeness (QED) is 0.863. The third kappa shape index (κ3) is 4.18. The van der Waals surface area contributed by atoms with Gasteiger partial charge < -0.3 is 5.32 Å². The molecule has 1 rings (SSSR count). The highest BCUT2D eigenvalue weighted by Gasteiger charge is 2.32. The SMILES string of the molecule is CCNC(CC(F)(F)F)c1cncc(C)c1. The van der Waals surface area contributed by atoms with Gasteiger partial charge in [-0.1, -0.05) is 13.0 Å². The summed E-state index contributed by atoms with van der Waals surface area (Å²) in [6, 6.07) is 1.02. The number of pyridine rings is 1. The van der Waals surface area contributed by atoms with E-state index in [1.165, 1.54) is 6.20 Å². The van der Waals surface area contributed by atoms with Crippen LogP contribution in [0.4, 0.5) is 13.2 Å². The van der Waals surface area contributed by atoms with Gasteiger partial charge in [0.1, 0.15) is 0 Å². The lowest BCUT2D eigenvalue weighted by atomic mass is 10.0. The second-order valence-electron chi connectivity index (χ2n) is 3.73. The molecule has 0 amide bonds. The molecular formula is C11H15F3N2. The largest absolute Gasteiger partial charge is 0.390 e. The standard InChI is InChI=1S/C11H15F3N2/c1-3-16-10(5-11(12,13)14)9-4-8(2)6-15-7-9/h4,6-7,10,16H,3,5H2,1-2H3. The lowest BCUT2D eigenvalue weighted by Crippen LogP contribution is -2.26. The van der Waals surface area contributed by atoms with Crippen LogP contribution in [0.3, 0.4) is 0 Å². The van der Waals surface area contributed by atoms with Gasteiger partial charge in [0.15, 0.2) is 0 Å². The predicted molar refractivity (Wildman–Crippen MR) is 56.1 cm³/mol. The second kappa shape index (κ2) is 5.30. The number of nitrogens with one attached hydrogen (secondary N) is 1. The van der Waals surface area contributed by atoms with Crippen molar-refractivity contribution in [2.24, 2.45) is 0 Å². The van der Waals surface area contributed by atoms with E-state index >= 15 is 0 Å². The van der Waals surface area contributed by atoms with E-state index in [2.05, 4.69) is 10.3 Å². The van der Waals surface area contributed by atoms with Crippen LogP contribution >= 0.6 is 0 Å². The second-order valence-corrected chi connectivity index (χ2v) is 3.73. The summed E-state index contributed by atoms with van der Waals surface area (Å²) in [6.45, 7) is 4.09. The summed E-state index contributed by atoms with van der Waals surface area (Å²) in [5, 5.41) is 2.82. The van der Waals surface area contributed by atoms with Gasteiger partial charge in [-0.3, -0.25) is 4.98 Å². The Hall–Kier alpha value is -1.10. The minimum Gasteiger partial charge on any atom is -0.310 e. The summed E-state index contributed by atoms with van der Waals surface area (Å²) in [6.07, 6.45) is -1.94. The minimum absolute atomic E-state index is 0.495. The zero-order valence-electron chi connectivity index (χ0n) is 9.30. The lowest BCUT2D eigenvalue weighted by molar-refractivity contribution is -0.140. The van der Waals surface area contributed by atoms with Gasteiger partial charge in [0.2, 0.25) is 0 Å². The molecule has 0 aliphatic carbocycles. The fraction of sp³-hybridized carbons (Fsp3) is 0.545. The molecule has 0 spiro atoms. The number of hydrogen-bond acceptors (Lipinski definition) is 2. The van der Waals surface area contributed by atoms with Gasteiger partial charge in [0.25, 0.3) is 0 Å². The Balaban J connectivity index is 2.85. The predicted octanol–water partition coefficient (Wildman–Crippen LogP) is 2.99. The van der Waals surface area contributed by atoms with Crippen molar-refractivity contribution in [3.05, 3.63) is 29.6 Å². The van der Waals surface area contributed by atoms with Crippen molar-refractivity contribution in [1.82, 2.24) is 10.3 Å². The molecule has 90 valence electrons. The smallest absolute Gasteiger partial charge is 0.310 e. The van der Waals surface area contributed by atoms with E-state index in [-0.39, 0.29) is 0 Å². The number of aromatic nitrogens is 1. The highest BCUT2D eigenvalue weighted by atomic mass is 19.4. The van der Waals surface area contributed by atoms with Gasteiger partial charge in [-0.05, 0) is 24.6 Å². The fourth-order valence-corrected chi connectivity index (χ4v) is 1.55. The van der Waals surface area contributed by atoms with E-state index in [0.29, 0.717) is 12.1 Å². The molecule has 1 N–H and O–H groups in total. The highest BCUT2D eigenvalue weighted by molar-refractivity contribution is 5.20. The minimum atomic E-state index is -4.17. The van der Waals surface area contributed by atoms with Gasteiger partial charge in [0, 0.05) is 18.4 Å². The van der Waals surface area contributed by atoms with E-state index in [1.807, 2.05) is 6.92 Å². The van der Waals surface area contributed by atoms with Crippen molar-refractivity contribution >= 4 is 0 Å². The molecule has 0 saturated heterocycles. The molecule has 0 radical (unpaired) electrons. The summed E-state index contributed by atoms with van der Waals surface area (Å²) >= 11 is 0. The number of hydrogen-bond donors (Lipinski definition) is 1. The van der Waals surface area contributed by atoms with Gasteiger partial charge >= 0.3 is 6.18 Å². The van der Waals surface area contributed by atoms with Crippen LogP contribution in [0.5, 0.6) is 0 Å². The first-order valence-electron chi connectivity index (χ1n) is 5.14. The first kappa shape index (κ1) is 13.0. The molecule has 0 aliphatic rings. The molecule has 0 saturated carbocycles. The lowest BCUT2D eigenvalue weighted by Gasteiger charge is -2.19. The number of alkyl halides is 3. The van der Waals surface area contributed by atoms with Gasteiger partial charge in [0.05, 0.1) is 6.42 Å². The molecular weight excluding hydrogens is 217 g/mol. The zero-order valence-corrected chi connectivity index (χ0v) is 9.30. The Morgan fingerprint density at radius 3 is 2.56 bits per heavy atom. The van der Waals surface area contributed by atoms with Crippen LogP contribution in [0.15, 0.2) is 18.5 Å². The van der Waals surface area contributed by atoms with Crippen LogP contribution in [0.1, 0.15) is 30.5 Å². The van der Waals surface area contributed by atoms with E-state index in [9.17, 15) is 13.2 Å². The maximum Gasteiger partial charge on any atom is 0.390 e. The van der Waals surface area contributed by atoms with Gasteiger partial charge in [-0.2, -0.15) is 13.2 Å². The topological polar surface area (TPSA) is 24.9 Å². The Morgan fingerprint density at radius 2 is 2.06 bits per heavy atom. The van der Waals surface area contributed by atoms with E-state index < -0.39 is 18.6 Å². The summed E-state index contributed by atoms with van der Waals surface area (Å²) in [4.78, 5) is 3.91. The van der Waals surface area contributed by atoms with Crippen molar-refractivity contribution in [2.45, 2.75) is 32.5 Å². The molecule has 0 aromatic carbocycles. The third-order valence-electron chi connectivity index (χ3n) is 2.18. The normalized spacial score (nSPS) is 13.8. The van der Waals surface area contributed by atoms with Crippen LogP contribution in [0.2, 0.25) is 0 Å². The number of halogens is 3. The number of rotatable bonds is 4. The summed E-state index contributed by atoms with van der Waals surface area (Å²) in [7, 11) is 0.